The number of hydrogen-bond donors (Lipinski definition) is 9. The molecule has 1 saturated heterocycles. The number of benzene rings is 2. The van der Waals surface area contributed by atoms with Crippen LogP contribution < -0.4 is 32.7 Å². The summed E-state index contributed by atoms with van der Waals surface area (Å²) in [4.78, 5) is 90.5. The Morgan fingerprint density at radius 1 is 0.792 bits per heavy atom. The van der Waals surface area contributed by atoms with E-state index in [0.717, 1.165) is 0 Å². The Morgan fingerprint density at radius 2 is 1.43 bits per heavy atom. The first-order valence-corrected chi connectivity index (χ1v) is 17.5. The van der Waals surface area contributed by atoms with Crippen molar-refractivity contribution in [2.75, 3.05) is 19.6 Å². The molecule has 1 heterocycles. The maximum absolute atomic E-state index is 13.9. The first-order chi connectivity index (χ1) is 25.3. The van der Waals surface area contributed by atoms with Crippen LogP contribution in [0.2, 0.25) is 0 Å². The summed E-state index contributed by atoms with van der Waals surface area (Å²) >= 11 is 0. The van der Waals surface area contributed by atoms with Gasteiger partial charge in [-0.2, -0.15) is 0 Å². The highest BCUT2D eigenvalue weighted by Crippen LogP contribution is 2.21. The van der Waals surface area contributed by atoms with Crippen molar-refractivity contribution in [3.8, 4) is 5.75 Å². The number of aromatic hydroxyl groups is 1. The van der Waals surface area contributed by atoms with E-state index >= 15 is 0 Å². The molecule has 53 heavy (non-hydrogen) atoms. The first kappa shape index (κ1) is 41.9. The van der Waals surface area contributed by atoms with Gasteiger partial charge in [0.15, 0.2) is 0 Å². The van der Waals surface area contributed by atoms with Crippen molar-refractivity contribution in [1.82, 2.24) is 26.2 Å². The molecular weight excluding hydrogens is 690 g/mol. The molecule has 2 aromatic carbocycles. The molecule has 1 aliphatic rings. The van der Waals surface area contributed by atoms with Gasteiger partial charge < -0.3 is 53.0 Å². The highest BCUT2D eigenvalue weighted by molar-refractivity contribution is 5.95. The van der Waals surface area contributed by atoms with Crippen LogP contribution in [0.5, 0.6) is 5.75 Å². The van der Waals surface area contributed by atoms with E-state index in [0.29, 0.717) is 36.9 Å². The molecule has 17 heteroatoms. The van der Waals surface area contributed by atoms with Gasteiger partial charge in [-0.3, -0.25) is 28.8 Å². The quantitative estimate of drug-likeness (QED) is 0.0708. The molecule has 0 unspecified atom stereocenters. The summed E-state index contributed by atoms with van der Waals surface area (Å²) in [6, 6.07) is 8.93. The van der Waals surface area contributed by atoms with Gasteiger partial charge in [-0.05, 0) is 68.3 Å². The van der Waals surface area contributed by atoms with Crippen molar-refractivity contribution in [3.05, 3.63) is 65.7 Å². The maximum atomic E-state index is 13.9. The number of nitrogens with one attached hydrogen (secondary N) is 4. The van der Waals surface area contributed by atoms with Crippen molar-refractivity contribution in [2.24, 2.45) is 11.5 Å². The van der Waals surface area contributed by atoms with Crippen LogP contribution in [0.1, 0.15) is 56.1 Å². The number of phenols is 1. The van der Waals surface area contributed by atoms with E-state index in [-0.39, 0.29) is 50.8 Å². The number of carboxylic acid groups (broad SMARTS) is 2. The van der Waals surface area contributed by atoms with Crippen molar-refractivity contribution < 1.29 is 48.9 Å². The smallest absolute Gasteiger partial charge is 0.326 e. The zero-order valence-electron chi connectivity index (χ0n) is 29.4. The second kappa shape index (κ2) is 21.1. The fourth-order valence-corrected chi connectivity index (χ4v) is 5.87. The summed E-state index contributed by atoms with van der Waals surface area (Å²) < 4.78 is 0. The average molecular weight is 740 g/mol. The Hall–Kier alpha value is -5.55. The molecule has 0 bridgehead atoms. The molecule has 0 aliphatic carbocycles. The SMILES string of the molecule is NCCCC[C@H](NC(=O)CNC(=O)[C@@H]1CCCN1C(=O)[C@H](Cc1ccc(O)cc1)NC(=O)[C@@H](N)CCC(=O)O)C(=O)N[C@@H](Cc1ccccc1)C(=O)O. The van der Waals surface area contributed by atoms with E-state index in [1.54, 1.807) is 42.5 Å². The Morgan fingerprint density at radius 3 is 2.08 bits per heavy atom. The van der Waals surface area contributed by atoms with Crippen LogP contribution in [-0.4, -0.2) is 112 Å². The van der Waals surface area contributed by atoms with Gasteiger partial charge in [0.2, 0.25) is 29.5 Å². The van der Waals surface area contributed by atoms with Crippen LogP contribution in [-0.2, 0) is 46.4 Å². The van der Waals surface area contributed by atoms with Crippen LogP contribution in [0.4, 0.5) is 0 Å². The normalized spacial score (nSPS) is 16.0. The third-order valence-electron chi connectivity index (χ3n) is 8.75. The molecule has 0 saturated carbocycles. The van der Waals surface area contributed by atoms with Gasteiger partial charge in [0.25, 0.3) is 0 Å². The fraction of sp³-hybridized carbons (Fsp3) is 0.472. The number of carboxylic acids is 2. The molecule has 3 rings (SSSR count). The molecule has 288 valence electrons. The Kier molecular flexibility index (Phi) is 16.7. The predicted molar refractivity (Wildman–Crippen MR) is 191 cm³/mol. The van der Waals surface area contributed by atoms with Gasteiger partial charge in [0.1, 0.15) is 29.9 Å². The molecule has 5 amide bonds. The van der Waals surface area contributed by atoms with Crippen molar-refractivity contribution >= 4 is 41.5 Å². The van der Waals surface area contributed by atoms with Gasteiger partial charge in [-0.15, -0.1) is 0 Å². The van der Waals surface area contributed by atoms with Crippen LogP contribution >= 0.6 is 0 Å². The number of hydrogen-bond acceptors (Lipinski definition) is 10. The van der Waals surface area contributed by atoms with Crippen molar-refractivity contribution in [1.29, 1.82) is 0 Å². The molecule has 0 radical (unpaired) electrons. The van der Waals surface area contributed by atoms with Gasteiger partial charge in [-0.25, -0.2) is 4.79 Å². The minimum absolute atomic E-state index is 0.00769. The number of amides is 5. The molecule has 0 spiro atoms. The monoisotopic (exact) mass is 739 g/mol. The van der Waals surface area contributed by atoms with Crippen LogP contribution in [0, 0.1) is 0 Å². The summed E-state index contributed by atoms with van der Waals surface area (Å²) in [5.74, 6) is -5.81. The summed E-state index contributed by atoms with van der Waals surface area (Å²) in [6.45, 7) is -0.0263. The average Bonchev–Trinajstić information content (AvgIpc) is 3.63. The highest BCUT2D eigenvalue weighted by atomic mass is 16.4. The number of aliphatic carboxylic acids is 2. The second-order valence-corrected chi connectivity index (χ2v) is 12.9. The summed E-state index contributed by atoms with van der Waals surface area (Å²) in [5, 5.41) is 38.6. The zero-order valence-corrected chi connectivity index (χ0v) is 29.4. The van der Waals surface area contributed by atoms with Crippen LogP contribution in [0.25, 0.3) is 0 Å². The van der Waals surface area contributed by atoms with E-state index in [2.05, 4.69) is 21.3 Å². The van der Waals surface area contributed by atoms with Crippen molar-refractivity contribution in [2.45, 2.75) is 88.0 Å². The van der Waals surface area contributed by atoms with Crippen LogP contribution in [0.15, 0.2) is 54.6 Å². The second-order valence-electron chi connectivity index (χ2n) is 12.9. The van der Waals surface area contributed by atoms with Gasteiger partial charge in [0.05, 0.1) is 12.6 Å². The minimum Gasteiger partial charge on any atom is -0.508 e. The summed E-state index contributed by atoms with van der Waals surface area (Å²) in [7, 11) is 0. The van der Waals surface area contributed by atoms with E-state index in [4.69, 9.17) is 16.6 Å². The lowest BCUT2D eigenvalue weighted by Gasteiger charge is -2.29. The lowest BCUT2D eigenvalue weighted by Crippen LogP contribution is -2.57. The number of nitrogens with zero attached hydrogens (tertiary/aromatic N) is 1. The highest BCUT2D eigenvalue weighted by Gasteiger charge is 2.38. The third kappa shape index (κ3) is 13.8. The van der Waals surface area contributed by atoms with Crippen LogP contribution in [0.3, 0.4) is 0 Å². The number of unbranched alkanes of at least 4 members (excludes halogenated alkanes) is 1. The molecule has 1 aliphatic heterocycles. The van der Waals surface area contributed by atoms with Gasteiger partial charge >= 0.3 is 11.9 Å². The Bertz CT molecular complexity index is 1570. The molecule has 0 aromatic heterocycles. The number of carbonyl (C=O) groups excluding carboxylic acids is 5. The number of rotatable bonds is 21. The summed E-state index contributed by atoms with van der Waals surface area (Å²) in [5.41, 5.74) is 12.8. The third-order valence-corrected chi connectivity index (χ3v) is 8.75. The first-order valence-electron chi connectivity index (χ1n) is 17.5. The molecule has 5 atom stereocenters. The molecule has 11 N–H and O–H groups in total. The van der Waals surface area contributed by atoms with E-state index in [9.17, 15) is 43.8 Å². The fourth-order valence-electron chi connectivity index (χ4n) is 5.87. The van der Waals surface area contributed by atoms with E-state index < -0.39 is 78.2 Å². The predicted octanol–water partition coefficient (Wildman–Crippen LogP) is -0.855. The minimum atomic E-state index is -1.26. The van der Waals surface area contributed by atoms with E-state index in [1.807, 2.05) is 0 Å². The standard InChI is InChI=1S/C36H49N7O10/c37-17-5-4-9-26(33(49)42-28(36(52)53)20-22-7-2-1-3-8-22)40-30(45)21-39-34(50)29-10-6-18-43(29)35(51)27(19-23-11-13-24(44)14-12-23)41-32(48)25(38)15-16-31(46)47/h1-3,7-8,11-14,25-29,44H,4-6,9-10,15-21,37-38H2,(H,39,50)(H,40,45)(H,41,48)(H,42,49)(H,46,47)(H,52,53)/t25-,26-,27-,28-,29-/m0/s1. The Labute approximate surface area is 306 Å². The number of likely N-dealkylation sites (tertiary alicyclic amines) is 1. The lowest BCUT2D eigenvalue weighted by molar-refractivity contribution is -0.142. The lowest BCUT2D eigenvalue weighted by atomic mass is 10.0. The Balaban J connectivity index is 1.66. The van der Waals surface area contributed by atoms with E-state index in [1.165, 1.54) is 17.0 Å². The molecule has 1 fully saturated rings. The molecule has 17 nitrogen and oxygen atoms in total. The van der Waals surface area contributed by atoms with Gasteiger partial charge in [0, 0.05) is 25.8 Å². The van der Waals surface area contributed by atoms with Crippen molar-refractivity contribution in [3.63, 3.8) is 0 Å². The number of carbonyl (C=O) groups is 7. The summed E-state index contributed by atoms with van der Waals surface area (Å²) in [6.07, 6.45) is 1.37. The number of phenolic OH excluding ortho intramolecular Hbond substituents is 1. The number of nitrogens with two attached hydrogens (primary N) is 2. The largest absolute Gasteiger partial charge is 0.508 e. The van der Waals surface area contributed by atoms with Gasteiger partial charge in [-0.1, -0.05) is 42.5 Å². The zero-order chi connectivity index (χ0) is 38.9. The topological polar surface area (TPSA) is 284 Å². The molecular formula is C36H49N7O10. The maximum Gasteiger partial charge on any atom is 0.326 e. The molecule has 2 aromatic rings.